The number of hydrogen-bond donors (Lipinski definition) is 1. The lowest BCUT2D eigenvalue weighted by Crippen LogP contribution is -2.08. The van der Waals surface area contributed by atoms with Gasteiger partial charge in [-0.3, -0.25) is 4.79 Å². The Morgan fingerprint density at radius 1 is 0.929 bits per heavy atom. The molecule has 0 bridgehead atoms. The second-order valence-corrected chi connectivity index (χ2v) is 6.92. The van der Waals surface area contributed by atoms with Gasteiger partial charge in [0.25, 0.3) is 0 Å². The second-order valence-electron chi connectivity index (χ2n) is 5.80. The van der Waals surface area contributed by atoms with E-state index in [2.05, 4.69) is 23.5 Å². The van der Waals surface area contributed by atoms with Crippen molar-refractivity contribution >= 4 is 29.0 Å². The fourth-order valence-corrected chi connectivity index (χ4v) is 3.61. The first kappa shape index (κ1) is 19.5. The van der Waals surface area contributed by atoms with Gasteiger partial charge in [0, 0.05) is 33.7 Å². The van der Waals surface area contributed by atoms with Gasteiger partial charge < -0.3 is 19.5 Å². The third-order valence-electron chi connectivity index (χ3n) is 4.02. The highest BCUT2D eigenvalue weighted by Gasteiger charge is 2.14. The average Bonchev–Trinajstić information content (AvgIpc) is 3.21. The largest absolute Gasteiger partial charge is 0.493 e. The third-order valence-corrected chi connectivity index (χ3v) is 5.12. The van der Waals surface area contributed by atoms with Crippen LogP contribution in [0.1, 0.15) is 4.88 Å². The molecule has 5 nitrogen and oxygen atoms in total. The molecule has 1 heterocycles. The number of ether oxygens (including phenoxy) is 3. The molecular weight excluding hydrogens is 374 g/mol. The fourth-order valence-electron chi connectivity index (χ4n) is 2.69. The zero-order valence-electron chi connectivity index (χ0n) is 15.9. The van der Waals surface area contributed by atoms with Gasteiger partial charge in [-0.25, -0.2) is 0 Å². The Balaban J connectivity index is 1.71. The molecule has 1 aromatic heterocycles. The van der Waals surface area contributed by atoms with Crippen LogP contribution in [0.2, 0.25) is 0 Å². The van der Waals surface area contributed by atoms with Gasteiger partial charge in [-0.1, -0.05) is 30.3 Å². The first-order valence-electron chi connectivity index (χ1n) is 8.59. The topological polar surface area (TPSA) is 56.8 Å². The van der Waals surface area contributed by atoms with Crippen molar-refractivity contribution in [3.63, 3.8) is 0 Å². The smallest absolute Gasteiger partial charge is 0.248 e. The van der Waals surface area contributed by atoms with Crippen LogP contribution in [0, 0.1) is 0 Å². The van der Waals surface area contributed by atoms with Crippen LogP contribution in [0.25, 0.3) is 16.5 Å². The Labute approximate surface area is 168 Å². The third kappa shape index (κ3) is 4.53. The number of nitrogens with one attached hydrogen (secondary N) is 1. The molecule has 2 aromatic carbocycles. The van der Waals surface area contributed by atoms with Crippen LogP contribution in [-0.2, 0) is 4.79 Å². The van der Waals surface area contributed by atoms with E-state index in [1.807, 2.05) is 24.3 Å². The van der Waals surface area contributed by atoms with Gasteiger partial charge >= 0.3 is 0 Å². The predicted octanol–water partition coefficient (Wildman–Crippen LogP) is 5.09. The van der Waals surface area contributed by atoms with Crippen molar-refractivity contribution < 1.29 is 19.0 Å². The van der Waals surface area contributed by atoms with Gasteiger partial charge in [0.2, 0.25) is 11.7 Å². The summed E-state index contributed by atoms with van der Waals surface area (Å²) < 4.78 is 15.9. The van der Waals surface area contributed by atoms with E-state index in [1.165, 1.54) is 27.4 Å². The molecule has 0 aliphatic rings. The lowest BCUT2D eigenvalue weighted by Gasteiger charge is -2.14. The van der Waals surface area contributed by atoms with E-state index in [0.717, 1.165) is 15.3 Å². The standard InChI is InChI=1S/C22H21NO4S/c1-25-18-13-16(14-19(26-2)22(18)27-3)23-21(24)12-10-17-9-11-20(28-17)15-7-5-4-6-8-15/h4-14H,1-3H3,(H,23,24)/b12-10+. The summed E-state index contributed by atoms with van der Waals surface area (Å²) in [5, 5.41) is 2.81. The normalized spacial score (nSPS) is 10.7. The number of hydrogen-bond acceptors (Lipinski definition) is 5. The molecule has 0 unspecified atom stereocenters. The number of rotatable bonds is 7. The van der Waals surface area contributed by atoms with Gasteiger partial charge in [0.15, 0.2) is 11.5 Å². The maximum absolute atomic E-state index is 12.3. The molecule has 0 saturated heterocycles. The van der Waals surface area contributed by atoms with E-state index >= 15 is 0 Å². The number of carbonyl (C=O) groups is 1. The van der Waals surface area contributed by atoms with E-state index in [1.54, 1.807) is 29.5 Å². The molecule has 1 N–H and O–H groups in total. The Kier molecular flexibility index (Phi) is 6.34. The highest BCUT2D eigenvalue weighted by atomic mass is 32.1. The van der Waals surface area contributed by atoms with Crippen molar-refractivity contribution in [1.29, 1.82) is 0 Å². The van der Waals surface area contributed by atoms with Gasteiger partial charge in [-0.15, -0.1) is 11.3 Å². The second kappa shape index (κ2) is 9.10. The van der Waals surface area contributed by atoms with Crippen molar-refractivity contribution in [2.24, 2.45) is 0 Å². The van der Waals surface area contributed by atoms with Gasteiger partial charge in [0.05, 0.1) is 21.3 Å². The Morgan fingerprint density at radius 2 is 1.61 bits per heavy atom. The number of thiophene rings is 1. The first-order valence-corrected chi connectivity index (χ1v) is 9.40. The molecule has 0 aliphatic carbocycles. The summed E-state index contributed by atoms with van der Waals surface area (Å²) in [5.41, 5.74) is 1.72. The summed E-state index contributed by atoms with van der Waals surface area (Å²) in [7, 11) is 4.60. The van der Waals surface area contributed by atoms with Crippen LogP contribution >= 0.6 is 11.3 Å². The van der Waals surface area contributed by atoms with Crippen molar-refractivity contribution in [3.05, 3.63) is 65.6 Å². The minimum Gasteiger partial charge on any atom is -0.493 e. The van der Waals surface area contributed by atoms with Crippen molar-refractivity contribution in [1.82, 2.24) is 0 Å². The number of methoxy groups -OCH3 is 3. The predicted molar refractivity (Wildman–Crippen MR) is 114 cm³/mol. The molecule has 0 spiro atoms. The van der Waals surface area contributed by atoms with Crippen LogP contribution < -0.4 is 19.5 Å². The van der Waals surface area contributed by atoms with Crippen molar-refractivity contribution in [2.75, 3.05) is 26.6 Å². The van der Waals surface area contributed by atoms with E-state index in [4.69, 9.17) is 14.2 Å². The Bertz CT molecular complexity index is 954. The molecular formula is C22H21NO4S. The van der Waals surface area contributed by atoms with Crippen molar-refractivity contribution in [3.8, 4) is 27.7 Å². The Morgan fingerprint density at radius 3 is 2.21 bits per heavy atom. The van der Waals surface area contributed by atoms with Crippen LogP contribution in [-0.4, -0.2) is 27.2 Å². The van der Waals surface area contributed by atoms with Crippen LogP contribution in [0.15, 0.2) is 60.7 Å². The van der Waals surface area contributed by atoms with Crippen molar-refractivity contribution in [2.45, 2.75) is 0 Å². The summed E-state index contributed by atoms with van der Waals surface area (Å²) in [6.45, 7) is 0. The SMILES string of the molecule is COc1cc(NC(=O)/C=C/c2ccc(-c3ccccc3)s2)cc(OC)c1OC. The number of anilines is 1. The highest BCUT2D eigenvalue weighted by Crippen LogP contribution is 2.40. The van der Waals surface area contributed by atoms with Crippen LogP contribution in [0.5, 0.6) is 17.2 Å². The summed E-state index contributed by atoms with van der Waals surface area (Å²) in [6, 6.07) is 17.6. The number of carbonyl (C=O) groups excluding carboxylic acids is 1. The minimum atomic E-state index is -0.246. The molecule has 0 aliphatic heterocycles. The zero-order valence-corrected chi connectivity index (χ0v) is 16.7. The summed E-state index contributed by atoms with van der Waals surface area (Å²) >= 11 is 1.63. The first-order chi connectivity index (χ1) is 13.6. The Hall–Kier alpha value is -3.25. The quantitative estimate of drug-likeness (QED) is 0.566. The molecule has 28 heavy (non-hydrogen) atoms. The molecule has 0 saturated carbocycles. The van der Waals surface area contributed by atoms with E-state index < -0.39 is 0 Å². The molecule has 0 atom stereocenters. The van der Waals surface area contributed by atoms with E-state index in [-0.39, 0.29) is 5.91 Å². The van der Waals surface area contributed by atoms with Gasteiger partial charge in [-0.2, -0.15) is 0 Å². The molecule has 6 heteroatoms. The number of amides is 1. The molecule has 3 aromatic rings. The maximum atomic E-state index is 12.3. The van der Waals surface area contributed by atoms with Gasteiger partial charge in [0.1, 0.15) is 0 Å². The molecule has 1 amide bonds. The molecule has 3 rings (SSSR count). The molecule has 0 radical (unpaired) electrons. The van der Waals surface area contributed by atoms with E-state index in [0.29, 0.717) is 22.9 Å². The number of benzene rings is 2. The van der Waals surface area contributed by atoms with E-state index in [9.17, 15) is 4.79 Å². The summed E-state index contributed by atoms with van der Waals surface area (Å²) in [5.74, 6) is 1.19. The molecule has 0 fully saturated rings. The summed E-state index contributed by atoms with van der Waals surface area (Å²) in [6.07, 6.45) is 3.30. The van der Waals surface area contributed by atoms with Gasteiger partial charge in [-0.05, 0) is 23.8 Å². The highest BCUT2D eigenvalue weighted by molar-refractivity contribution is 7.16. The minimum absolute atomic E-state index is 0.246. The average molecular weight is 395 g/mol. The lowest BCUT2D eigenvalue weighted by atomic mass is 10.2. The zero-order chi connectivity index (χ0) is 19.9. The fraction of sp³-hybridized carbons (Fsp3) is 0.136. The lowest BCUT2D eigenvalue weighted by molar-refractivity contribution is -0.111. The van der Waals surface area contributed by atoms with Crippen LogP contribution in [0.4, 0.5) is 5.69 Å². The maximum Gasteiger partial charge on any atom is 0.248 e. The molecule has 144 valence electrons. The van der Waals surface area contributed by atoms with Crippen LogP contribution in [0.3, 0.4) is 0 Å². The monoisotopic (exact) mass is 395 g/mol. The summed E-state index contributed by atoms with van der Waals surface area (Å²) in [4.78, 5) is 14.5.